The van der Waals surface area contributed by atoms with Crippen LogP contribution in [0.1, 0.15) is 105 Å². The molecule has 184 valence electrons. The first-order valence-corrected chi connectivity index (χ1v) is 13.7. The first kappa shape index (κ1) is 24.5. The van der Waals surface area contributed by atoms with E-state index in [1.807, 2.05) is 0 Å². The van der Waals surface area contributed by atoms with Crippen molar-refractivity contribution in [2.75, 3.05) is 6.61 Å². The van der Waals surface area contributed by atoms with Crippen LogP contribution in [-0.2, 0) is 9.53 Å². The molecule has 4 aliphatic rings. The third-order valence-corrected chi connectivity index (χ3v) is 11.1. The number of aliphatic hydroxyl groups excluding tert-OH is 2. The Morgan fingerprint density at radius 2 is 1.84 bits per heavy atom. The summed E-state index contributed by atoms with van der Waals surface area (Å²) >= 11 is 0. The summed E-state index contributed by atoms with van der Waals surface area (Å²) in [5.41, 5.74) is 0.264. The lowest BCUT2D eigenvalue weighted by Gasteiger charge is -2.62. The molecule has 4 aliphatic carbocycles. The fraction of sp³-hybridized carbons (Fsp3) is 0.964. The molecule has 0 saturated heterocycles. The minimum absolute atomic E-state index is 0.0237. The van der Waals surface area contributed by atoms with Gasteiger partial charge in [0.05, 0.1) is 18.8 Å². The van der Waals surface area contributed by atoms with E-state index in [1.165, 1.54) is 25.7 Å². The lowest BCUT2D eigenvalue weighted by Crippen LogP contribution is -2.58. The van der Waals surface area contributed by atoms with Crippen molar-refractivity contribution in [2.45, 2.75) is 117 Å². The highest BCUT2D eigenvalue weighted by Crippen LogP contribution is 2.68. The van der Waals surface area contributed by atoms with E-state index in [0.717, 1.165) is 50.9 Å². The van der Waals surface area contributed by atoms with E-state index in [-0.39, 0.29) is 29.0 Å². The maximum atomic E-state index is 12.2. The minimum atomic E-state index is -0.248. The van der Waals surface area contributed by atoms with E-state index in [4.69, 9.17) is 4.74 Å². The molecule has 0 aromatic heterocycles. The summed E-state index contributed by atoms with van der Waals surface area (Å²) < 4.78 is 5.38. The summed E-state index contributed by atoms with van der Waals surface area (Å²) in [6.07, 6.45) is 11.9. The van der Waals surface area contributed by atoms with E-state index >= 15 is 0 Å². The smallest absolute Gasteiger partial charge is 0.305 e. The van der Waals surface area contributed by atoms with Crippen LogP contribution in [-0.4, -0.2) is 35.0 Å². The molecule has 4 saturated carbocycles. The average Bonchev–Trinajstić information content (AvgIpc) is 3.12. The third kappa shape index (κ3) is 4.17. The molecule has 1 unspecified atom stereocenters. The second-order valence-corrected chi connectivity index (χ2v) is 12.5. The van der Waals surface area contributed by atoms with Gasteiger partial charge in [0, 0.05) is 6.42 Å². The van der Waals surface area contributed by atoms with Crippen LogP contribution in [0.2, 0.25) is 0 Å². The first-order valence-electron chi connectivity index (χ1n) is 13.7. The molecule has 0 amide bonds. The standard InChI is InChI=1S/C28H48O4/c1-5-6-15-32-26(31)12-7-18(2)22-10-11-23-21-9-8-19-16-20(29)13-14-27(19,3)24(21)17-25(30)28(22,23)4/h18-25,29-30H,5-17H2,1-4H3/t18-,19-,20?,21+,22-,23+,24+,25+,27+,28-/m1/s1. The number of hydrogen-bond donors (Lipinski definition) is 2. The molecule has 0 aromatic carbocycles. The molecule has 0 bridgehead atoms. The average molecular weight is 449 g/mol. The second kappa shape index (κ2) is 9.56. The number of ether oxygens (including phenoxy) is 1. The van der Waals surface area contributed by atoms with Crippen molar-refractivity contribution >= 4 is 5.97 Å². The van der Waals surface area contributed by atoms with Crippen molar-refractivity contribution in [1.82, 2.24) is 0 Å². The molecule has 4 fully saturated rings. The van der Waals surface area contributed by atoms with Crippen LogP contribution in [0.5, 0.6) is 0 Å². The molecular weight excluding hydrogens is 400 g/mol. The van der Waals surface area contributed by atoms with Gasteiger partial charge in [0.25, 0.3) is 0 Å². The number of hydrogen-bond acceptors (Lipinski definition) is 4. The van der Waals surface area contributed by atoms with Crippen LogP contribution in [0.25, 0.3) is 0 Å². The number of esters is 1. The highest BCUT2D eigenvalue weighted by molar-refractivity contribution is 5.69. The maximum Gasteiger partial charge on any atom is 0.305 e. The van der Waals surface area contributed by atoms with Gasteiger partial charge in [-0.2, -0.15) is 0 Å². The monoisotopic (exact) mass is 448 g/mol. The van der Waals surface area contributed by atoms with E-state index in [0.29, 0.717) is 42.6 Å². The zero-order valence-electron chi connectivity index (χ0n) is 21.0. The molecule has 32 heavy (non-hydrogen) atoms. The van der Waals surface area contributed by atoms with Gasteiger partial charge in [0.2, 0.25) is 0 Å². The van der Waals surface area contributed by atoms with E-state index in [2.05, 4.69) is 27.7 Å². The number of aliphatic hydroxyl groups is 2. The summed E-state index contributed by atoms with van der Waals surface area (Å²) in [6.45, 7) is 9.82. The topological polar surface area (TPSA) is 66.8 Å². The van der Waals surface area contributed by atoms with E-state index in [1.54, 1.807) is 0 Å². The fourth-order valence-corrected chi connectivity index (χ4v) is 9.11. The zero-order chi connectivity index (χ0) is 23.1. The molecule has 4 nitrogen and oxygen atoms in total. The summed E-state index contributed by atoms with van der Waals surface area (Å²) in [5, 5.41) is 21.9. The summed E-state index contributed by atoms with van der Waals surface area (Å²) in [6, 6.07) is 0. The molecule has 2 N–H and O–H groups in total. The number of unbranched alkanes of at least 4 members (excludes halogenated alkanes) is 1. The molecule has 4 heteroatoms. The Labute approximate surface area is 195 Å². The van der Waals surface area contributed by atoms with Gasteiger partial charge in [-0.3, -0.25) is 4.79 Å². The summed E-state index contributed by atoms with van der Waals surface area (Å²) in [5.74, 6) is 3.42. The largest absolute Gasteiger partial charge is 0.466 e. The molecule has 4 rings (SSSR count). The van der Waals surface area contributed by atoms with Crippen LogP contribution in [0, 0.1) is 46.3 Å². The predicted octanol–water partition coefficient (Wildman–Crippen LogP) is 5.74. The summed E-state index contributed by atoms with van der Waals surface area (Å²) in [4.78, 5) is 12.2. The van der Waals surface area contributed by atoms with Crippen LogP contribution in [0.4, 0.5) is 0 Å². The Bertz CT molecular complexity index is 664. The Balaban J connectivity index is 1.43. The van der Waals surface area contributed by atoms with Gasteiger partial charge in [0.1, 0.15) is 0 Å². The molecule has 0 heterocycles. The van der Waals surface area contributed by atoms with Crippen LogP contribution >= 0.6 is 0 Å². The van der Waals surface area contributed by atoms with Crippen LogP contribution < -0.4 is 0 Å². The third-order valence-electron chi connectivity index (χ3n) is 11.1. The van der Waals surface area contributed by atoms with Crippen LogP contribution in [0.3, 0.4) is 0 Å². The van der Waals surface area contributed by atoms with Gasteiger partial charge in [-0.15, -0.1) is 0 Å². The highest BCUT2D eigenvalue weighted by atomic mass is 16.5. The van der Waals surface area contributed by atoms with Gasteiger partial charge in [-0.1, -0.05) is 34.1 Å². The predicted molar refractivity (Wildman–Crippen MR) is 127 cm³/mol. The number of fused-ring (bicyclic) bond motifs is 5. The Morgan fingerprint density at radius 1 is 1.06 bits per heavy atom. The van der Waals surface area contributed by atoms with Crippen molar-refractivity contribution in [3.8, 4) is 0 Å². The van der Waals surface area contributed by atoms with Crippen molar-refractivity contribution in [3.05, 3.63) is 0 Å². The molecular formula is C28H48O4. The first-order chi connectivity index (χ1) is 15.2. The molecule has 10 atom stereocenters. The second-order valence-electron chi connectivity index (χ2n) is 12.5. The van der Waals surface area contributed by atoms with Crippen LogP contribution in [0.15, 0.2) is 0 Å². The van der Waals surface area contributed by atoms with Gasteiger partial charge < -0.3 is 14.9 Å². The van der Waals surface area contributed by atoms with Gasteiger partial charge >= 0.3 is 5.97 Å². The maximum absolute atomic E-state index is 12.2. The molecule has 0 spiro atoms. The minimum Gasteiger partial charge on any atom is -0.466 e. The zero-order valence-corrected chi connectivity index (χ0v) is 21.0. The highest BCUT2D eigenvalue weighted by Gasteiger charge is 2.63. The molecule has 0 aliphatic heterocycles. The number of carbonyl (C=O) groups excluding carboxylic acids is 1. The molecule has 0 aromatic rings. The summed E-state index contributed by atoms with van der Waals surface area (Å²) in [7, 11) is 0. The SMILES string of the molecule is CCCCOC(=O)CC[C@@H](C)[C@H]1CC[C@H]2[C@@H]3CC[C@@H]4CC(O)CC[C@]4(C)[C@H]3C[C@H](O)[C@]12C. The van der Waals surface area contributed by atoms with Crippen molar-refractivity contribution in [2.24, 2.45) is 46.3 Å². The van der Waals surface area contributed by atoms with E-state index < -0.39 is 0 Å². The quantitative estimate of drug-likeness (QED) is 0.385. The normalized spacial score (nSPS) is 46.6. The van der Waals surface area contributed by atoms with Gasteiger partial charge in [-0.25, -0.2) is 0 Å². The van der Waals surface area contributed by atoms with Crippen molar-refractivity contribution in [1.29, 1.82) is 0 Å². The van der Waals surface area contributed by atoms with Gasteiger partial charge in [0.15, 0.2) is 0 Å². The Hall–Kier alpha value is -0.610. The lowest BCUT2D eigenvalue weighted by molar-refractivity contribution is -0.175. The molecule has 0 radical (unpaired) electrons. The van der Waals surface area contributed by atoms with Gasteiger partial charge in [-0.05, 0) is 111 Å². The van der Waals surface area contributed by atoms with Crippen molar-refractivity contribution in [3.63, 3.8) is 0 Å². The lowest BCUT2D eigenvalue weighted by atomic mass is 9.43. The fourth-order valence-electron chi connectivity index (χ4n) is 9.11. The Morgan fingerprint density at radius 3 is 2.59 bits per heavy atom. The number of rotatable bonds is 7. The van der Waals surface area contributed by atoms with E-state index in [9.17, 15) is 15.0 Å². The Kier molecular flexibility index (Phi) is 7.33. The number of carbonyl (C=O) groups is 1. The van der Waals surface area contributed by atoms with Crippen molar-refractivity contribution < 1.29 is 19.7 Å².